The van der Waals surface area contributed by atoms with Crippen LogP contribution < -0.4 is 15.6 Å². The van der Waals surface area contributed by atoms with Crippen LogP contribution in [-0.4, -0.2) is 18.9 Å². The zero-order valence-corrected chi connectivity index (χ0v) is 14.6. The van der Waals surface area contributed by atoms with Gasteiger partial charge in [0.15, 0.2) is 11.6 Å². The molecule has 0 unspecified atom stereocenters. The van der Waals surface area contributed by atoms with Gasteiger partial charge in [0, 0.05) is 6.42 Å². The summed E-state index contributed by atoms with van der Waals surface area (Å²) in [5.41, 5.74) is 5.34. The van der Waals surface area contributed by atoms with Gasteiger partial charge in [0.2, 0.25) is 5.91 Å². The third-order valence-electron chi connectivity index (χ3n) is 2.97. The summed E-state index contributed by atoms with van der Waals surface area (Å²) in [6, 6.07) is 7.93. The summed E-state index contributed by atoms with van der Waals surface area (Å²) in [7, 11) is 1.39. The molecule has 122 valence electrons. The average molecular weight is 401 g/mol. The van der Waals surface area contributed by atoms with Crippen molar-refractivity contribution in [1.29, 1.82) is 0 Å². The maximum atomic E-state index is 13.5. The highest BCUT2D eigenvalue weighted by molar-refractivity contribution is 9.11. The largest absolute Gasteiger partial charge is 0.494 e. The van der Waals surface area contributed by atoms with Crippen LogP contribution in [0.3, 0.4) is 0 Å². The van der Waals surface area contributed by atoms with Crippen molar-refractivity contribution in [3.8, 4) is 5.75 Å². The lowest BCUT2D eigenvalue weighted by Crippen LogP contribution is -2.41. The van der Waals surface area contributed by atoms with Crippen LogP contribution in [0.2, 0.25) is 0 Å². The molecular weight excluding hydrogens is 387 g/mol. The van der Waals surface area contributed by atoms with E-state index in [-0.39, 0.29) is 24.0 Å². The molecule has 2 amide bonds. The van der Waals surface area contributed by atoms with Crippen LogP contribution in [0, 0.1) is 5.82 Å². The van der Waals surface area contributed by atoms with Crippen LogP contribution in [0.4, 0.5) is 4.39 Å². The van der Waals surface area contributed by atoms with Crippen molar-refractivity contribution < 1.29 is 18.7 Å². The highest BCUT2D eigenvalue weighted by Crippen LogP contribution is 2.21. The van der Waals surface area contributed by atoms with Crippen molar-refractivity contribution in [2.45, 2.75) is 12.8 Å². The van der Waals surface area contributed by atoms with E-state index in [1.54, 1.807) is 18.2 Å². The maximum absolute atomic E-state index is 13.5. The van der Waals surface area contributed by atoms with E-state index in [1.807, 2.05) is 0 Å². The Morgan fingerprint density at radius 1 is 1.26 bits per heavy atom. The summed E-state index contributed by atoms with van der Waals surface area (Å²) >= 11 is 4.52. The molecular formula is C15H14BrFN2O3S. The Bertz CT molecular complexity index is 720. The second-order valence-corrected chi connectivity index (χ2v) is 7.04. The summed E-state index contributed by atoms with van der Waals surface area (Å²) in [6.45, 7) is 0. The van der Waals surface area contributed by atoms with Crippen molar-refractivity contribution in [1.82, 2.24) is 10.9 Å². The second kappa shape index (κ2) is 8.07. The molecule has 0 radical (unpaired) electrons. The zero-order chi connectivity index (χ0) is 16.8. The molecule has 1 aromatic heterocycles. The SMILES string of the molecule is COc1ccc(CCC(=O)NNC(=O)c2ccc(Br)s2)cc1F. The number of aryl methyl sites for hydroxylation is 1. The van der Waals surface area contributed by atoms with Crippen LogP contribution in [0.1, 0.15) is 21.7 Å². The fraction of sp³-hybridized carbons (Fsp3) is 0.200. The Morgan fingerprint density at radius 2 is 2.04 bits per heavy atom. The first-order valence-corrected chi connectivity index (χ1v) is 8.27. The molecule has 0 aliphatic rings. The first-order valence-electron chi connectivity index (χ1n) is 6.66. The first-order chi connectivity index (χ1) is 11.0. The minimum Gasteiger partial charge on any atom is -0.494 e. The normalized spacial score (nSPS) is 10.2. The molecule has 5 nitrogen and oxygen atoms in total. The van der Waals surface area contributed by atoms with Crippen molar-refractivity contribution in [2.75, 3.05) is 7.11 Å². The Morgan fingerprint density at radius 3 is 2.65 bits per heavy atom. The van der Waals surface area contributed by atoms with Gasteiger partial charge in [0.25, 0.3) is 5.91 Å². The Labute approximate surface area is 144 Å². The average Bonchev–Trinajstić information content (AvgIpc) is 2.97. The number of halogens is 2. The van der Waals surface area contributed by atoms with Crippen LogP contribution in [0.25, 0.3) is 0 Å². The van der Waals surface area contributed by atoms with Crippen LogP contribution >= 0.6 is 27.3 Å². The number of benzene rings is 1. The lowest BCUT2D eigenvalue weighted by molar-refractivity contribution is -0.121. The third-order valence-corrected chi connectivity index (χ3v) is 4.59. The van der Waals surface area contributed by atoms with Gasteiger partial charge in [-0.05, 0) is 52.2 Å². The van der Waals surface area contributed by atoms with Crippen LogP contribution in [-0.2, 0) is 11.2 Å². The van der Waals surface area contributed by atoms with Gasteiger partial charge >= 0.3 is 0 Å². The topological polar surface area (TPSA) is 67.4 Å². The van der Waals surface area contributed by atoms with Crippen molar-refractivity contribution in [3.05, 3.63) is 50.4 Å². The monoisotopic (exact) mass is 400 g/mol. The molecule has 8 heteroatoms. The van der Waals surface area contributed by atoms with Gasteiger partial charge in [0.05, 0.1) is 15.8 Å². The number of nitrogens with one attached hydrogen (secondary N) is 2. The highest BCUT2D eigenvalue weighted by Gasteiger charge is 2.10. The molecule has 0 saturated carbocycles. The fourth-order valence-electron chi connectivity index (χ4n) is 1.81. The molecule has 0 aliphatic carbocycles. The number of amides is 2. The minimum atomic E-state index is -0.470. The fourth-order valence-corrected chi connectivity index (χ4v) is 3.09. The maximum Gasteiger partial charge on any atom is 0.279 e. The Balaban J connectivity index is 1.79. The number of carbonyl (C=O) groups is 2. The Kier molecular flexibility index (Phi) is 6.12. The van der Waals surface area contributed by atoms with E-state index in [2.05, 4.69) is 26.8 Å². The molecule has 0 bridgehead atoms. The molecule has 2 aromatic rings. The number of hydrogen-bond acceptors (Lipinski definition) is 4. The van der Waals surface area contributed by atoms with Crippen LogP contribution in [0.5, 0.6) is 5.75 Å². The zero-order valence-electron chi connectivity index (χ0n) is 12.2. The molecule has 2 rings (SSSR count). The second-order valence-electron chi connectivity index (χ2n) is 4.57. The lowest BCUT2D eigenvalue weighted by Gasteiger charge is -2.07. The number of ether oxygens (including phenoxy) is 1. The van der Waals surface area contributed by atoms with Gasteiger partial charge in [-0.2, -0.15) is 0 Å². The number of rotatable bonds is 5. The van der Waals surface area contributed by atoms with Gasteiger partial charge in [-0.3, -0.25) is 20.4 Å². The van der Waals surface area contributed by atoms with Gasteiger partial charge in [-0.25, -0.2) is 4.39 Å². The molecule has 1 aromatic carbocycles. The van der Waals surface area contributed by atoms with Crippen molar-refractivity contribution >= 4 is 39.1 Å². The predicted molar refractivity (Wildman–Crippen MR) is 88.9 cm³/mol. The quantitative estimate of drug-likeness (QED) is 0.757. The van der Waals surface area contributed by atoms with Gasteiger partial charge in [-0.15, -0.1) is 11.3 Å². The van der Waals surface area contributed by atoms with Crippen molar-refractivity contribution in [2.24, 2.45) is 0 Å². The number of carbonyl (C=O) groups excluding carboxylic acids is 2. The molecule has 0 atom stereocenters. The number of hydrazine groups is 1. The van der Waals surface area contributed by atoms with Gasteiger partial charge in [-0.1, -0.05) is 6.07 Å². The van der Waals surface area contributed by atoms with Crippen molar-refractivity contribution in [3.63, 3.8) is 0 Å². The molecule has 1 heterocycles. The van der Waals surface area contributed by atoms with E-state index in [1.165, 1.54) is 30.6 Å². The molecule has 0 saturated heterocycles. The van der Waals surface area contributed by atoms with E-state index < -0.39 is 5.82 Å². The summed E-state index contributed by atoms with van der Waals surface area (Å²) < 4.78 is 19.2. The highest BCUT2D eigenvalue weighted by atomic mass is 79.9. The minimum absolute atomic E-state index is 0.125. The summed E-state index contributed by atoms with van der Waals surface area (Å²) in [5, 5.41) is 0. The van der Waals surface area contributed by atoms with Gasteiger partial charge in [0.1, 0.15) is 0 Å². The van der Waals surface area contributed by atoms with E-state index >= 15 is 0 Å². The van der Waals surface area contributed by atoms with Gasteiger partial charge < -0.3 is 4.74 Å². The van der Waals surface area contributed by atoms with E-state index in [4.69, 9.17) is 4.74 Å². The van der Waals surface area contributed by atoms with E-state index in [0.29, 0.717) is 16.9 Å². The number of thiophene rings is 1. The summed E-state index contributed by atoms with van der Waals surface area (Å²) in [4.78, 5) is 23.9. The standard InChI is InChI=1S/C15H14BrFN2O3S/c1-22-11-4-2-9(8-10(11)17)3-7-14(20)18-19-15(21)12-5-6-13(16)23-12/h2,4-6,8H,3,7H2,1H3,(H,18,20)(H,19,21). The van der Waals surface area contributed by atoms with Crippen LogP contribution in [0.15, 0.2) is 34.1 Å². The number of hydrogen-bond donors (Lipinski definition) is 2. The molecule has 0 aliphatic heterocycles. The first kappa shape index (κ1) is 17.4. The summed E-state index contributed by atoms with van der Waals surface area (Å²) in [5.74, 6) is -1.05. The Hall–Kier alpha value is -1.93. The predicted octanol–water partition coefficient (Wildman–Crippen LogP) is 3.05. The number of methoxy groups -OCH3 is 1. The smallest absolute Gasteiger partial charge is 0.279 e. The lowest BCUT2D eigenvalue weighted by atomic mass is 10.1. The van der Waals surface area contributed by atoms with E-state index in [9.17, 15) is 14.0 Å². The third kappa shape index (κ3) is 5.04. The molecule has 23 heavy (non-hydrogen) atoms. The molecule has 0 fully saturated rings. The molecule has 0 spiro atoms. The molecule has 2 N–H and O–H groups in total. The van der Waals surface area contributed by atoms with E-state index in [0.717, 1.165) is 3.79 Å². The summed E-state index contributed by atoms with van der Waals surface area (Å²) in [6.07, 6.45) is 0.480.